The topological polar surface area (TPSA) is 29.1 Å². The summed E-state index contributed by atoms with van der Waals surface area (Å²) in [4.78, 5) is 0. The van der Waals surface area contributed by atoms with Crippen molar-refractivity contribution in [1.29, 1.82) is 0 Å². The van der Waals surface area contributed by atoms with Crippen LogP contribution < -0.4 is 5.32 Å². The highest BCUT2D eigenvalue weighted by molar-refractivity contribution is 7.85. The zero-order chi connectivity index (χ0) is 12.3. The fourth-order valence-electron chi connectivity index (χ4n) is 2.19. The van der Waals surface area contributed by atoms with E-state index in [4.69, 9.17) is 0 Å². The molecule has 0 spiro atoms. The van der Waals surface area contributed by atoms with Crippen molar-refractivity contribution in [2.75, 3.05) is 11.5 Å². The summed E-state index contributed by atoms with van der Waals surface area (Å²) >= 11 is 0. The average Bonchev–Trinajstić information content (AvgIpc) is 2.32. The van der Waals surface area contributed by atoms with Gasteiger partial charge >= 0.3 is 0 Å². The Morgan fingerprint density at radius 1 is 1.41 bits per heavy atom. The third-order valence-corrected chi connectivity index (χ3v) is 4.60. The van der Waals surface area contributed by atoms with E-state index in [0.29, 0.717) is 6.04 Å². The number of hydrogen-bond acceptors (Lipinski definition) is 2. The van der Waals surface area contributed by atoms with Crippen LogP contribution in [0.25, 0.3) is 0 Å². The first-order chi connectivity index (χ1) is 8.15. The summed E-state index contributed by atoms with van der Waals surface area (Å²) in [7, 11) is -0.624. The second-order valence-electron chi connectivity index (χ2n) is 4.57. The number of nitrogens with one attached hydrogen (secondary N) is 1. The SMILES string of the molecule is C[C@H](NC1CCS(=O)CC1)c1cccc(F)c1. The zero-order valence-electron chi connectivity index (χ0n) is 9.99. The molecule has 4 heteroatoms. The molecule has 1 aliphatic heterocycles. The van der Waals surface area contributed by atoms with Crippen molar-refractivity contribution in [3.8, 4) is 0 Å². The van der Waals surface area contributed by atoms with Crippen LogP contribution in [0.4, 0.5) is 4.39 Å². The molecule has 1 atom stereocenters. The Balaban J connectivity index is 1.92. The quantitative estimate of drug-likeness (QED) is 0.898. The van der Waals surface area contributed by atoms with Crippen LogP contribution in [0.2, 0.25) is 0 Å². The summed E-state index contributed by atoms with van der Waals surface area (Å²) in [6, 6.07) is 7.24. The molecule has 0 radical (unpaired) electrons. The van der Waals surface area contributed by atoms with Gasteiger partial charge in [-0.2, -0.15) is 0 Å². The molecule has 1 heterocycles. The van der Waals surface area contributed by atoms with Gasteiger partial charge in [0.2, 0.25) is 0 Å². The van der Waals surface area contributed by atoms with Crippen LogP contribution in [0.15, 0.2) is 24.3 Å². The Morgan fingerprint density at radius 2 is 2.12 bits per heavy atom. The van der Waals surface area contributed by atoms with Gasteiger partial charge in [0.05, 0.1) is 0 Å². The Labute approximate surface area is 104 Å². The molecule has 0 aliphatic carbocycles. The molecule has 17 heavy (non-hydrogen) atoms. The summed E-state index contributed by atoms with van der Waals surface area (Å²) < 4.78 is 24.3. The van der Waals surface area contributed by atoms with Crippen LogP contribution in [-0.2, 0) is 10.8 Å². The van der Waals surface area contributed by atoms with Crippen LogP contribution >= 0.6 is 0 Å². The van der Waals surface area contributed by atoms with Gasteiger partial charge in [-0.15, -0.1) is 0 Å². The fourth-order valence-corrected chi connectivity index (χ4v) is 3.49. The Bertz CT molecular complexity index is 400. The highest BCUT2D eigenvalue weighted by atomic mass is 32.2. The molecule has 1 aliphatic rings. The van der Waals surface area contributed by atoms with E-state index in [9.17, 15) is 8.60 Å². The van der Waals surface area contributed by atoms with Gasteiger partial charge in [0, 0.05) is 34.4 Å². The molecule has 1 aromatic carbocycles. The highest BCUT2D eigenvalue weighted by Gasteiger charge is 2.19. The van der Waals surface area contributed by atoms with Crippen molar-refractivity contribution >= 4 is 10.8 Å². The maximum Gasteiger partial charge on any atom is 0.123 e. The lowest BCUT2D eigenvalue weighted by molar-refractivity contribution is 0.426. The predicted octanol–water partition coefficient (Wildman–Crippen LogP) is 2.39. The summed E-state index contributed by atoms with van der Waals surface area (Å²) in [6.45, 7) is 2.04. The van der Waals surface area contributed by atoms with E-state index in [1.54, 1.807) is 12.1 Å². The molecule has 0 unspecified atom stereocenters. The van der Waals surface area contributed by atoms with Gasteiger partial charge in [-0.1, -0.05) is 12.1 Å². The predicted molar refractivity (Wildman–Crippen MR) is 68.8 cm³/mol. The first-order valence-corrected chi connectivity index (χ1v) is 7.50. The first-order valence-electron chi connectivity index (χ1n) is 6.01. The monoisotopic (exact) mass is 255 g/mol. The zero-order valence-corrected chi connectivity index (χ0v) is 10.8. The van der Waals surface area contributed by atoms with Crippen LogP contribution in [0.3, 0.4) is 0 Å². The molecule has 0 saturated carbocycles. The van der Waals surface area contributed by atoms with Crippen LogP contribution in [0.5, 0.6) is 0 Å². The minimum atomic E-state index is -0.624. The molecular formula is C13H18FNOS. The minimum absolute atomic E-state index is 0.141. The van der Waals surface area contributed by atoms with E-state index < -0.39 is 10.8 Å². The van der Waals surface area contributed by atoms with E-state index in [1.165, 1.54) is 6.07 Å². The smallest absolute Gasteiger partial charge is 0.123 e. The first kappa shape index (κ1) is 12.7. The lowest BCUT2D eigenvalue weighted by Crippen LogP contribution is -2.37. The van der Waals surface area contributed by atoms with E-state index in [2.05, 4.69) is 5.32 Å². The van der Waals surface area contributed by atoms with Crippen LogP contribution in [0, 0.1) is 5.82 Å². The molecule has 1 fully saturated rings. The lowest BCUT2D eigenvalue weighted by atomic mass is 10.1. The fraction of sp³-hybridized carbons (Fsp3) is 0.538. The van der Waals surface area contributed by atoms with E-state index in [1.807, 2.05) is 13.0 Å². The highest BCUT2D eigenvalue weighted by Crippen LogP contribution is 2.17. The molecule has 0 bridgehead atoms. The van der Waals surface area contributed by atoms with E-state index in [-0.39, 0.29) is 11.9 Å². The summed E-state index contributed by atoms with van der Waals surface area (Å²) in [6.07, 6.45) is 1.90. The van der Waals surface area contributed by atoms with Crippen molar-refractivity contribution in [1.82, 2.24) is 5.32 Å². The van der Waals surface area contributed by atoms with E-state index in [0.717, 1.165) is 29.9 Å². The second-order valence-corrected chi connectivity index (χ2v) is 6.26. The number of hydrogen-bond donors (Lipinski definition) is 1. The van der Waals surface area contributed by atoms with Gasteiger partial charge in [0.15, 0.2) is 0 Å². The molecule has 2 rings (SSSR count). The Kier molecular flexibility index (Phi) is 4.29. The standard InChI is InChI=1S/C13H18FNOS/c1-10(11-3-2-4-12(14)9-11)15-13-5-7-17(16)8-6-13/h2-4,9-10,13,15H,5-8H2,1H3/t10-,13?,17?/m0/s1. The van der Waals surface area contributed by atoms with Gasteiger partial charge in [0.25, 0.3) is 0 Å². The molecule has 0 aromatic heterocycles. The lowest BCUT2D eigenvalue weighted by Gasteiger charge is -2.26. The molecule has 1 saturated heterocycles. The maximum absolute atomic E-state index is 13.1. The maximum atomic E-state index is 13.1. The van der Waals surface area contributed by atoms with E-state index >= 15 is 0 Å². The average molecular weight is 255 g/mol. The normalized spacial score (nSPS) is 26.7. The van der Waals surface area contributed by atoms with Crippen molar-refractivity contribution in [2.24, 2.45) is 0 Å². The van der Waals surface area contributed by atoms with Gasteiger partial charge in [-0.3, -0.25) is 4.21 Å². The third kappa shape index (κ3) is 3.61. The third-order valence-electron chi connectivity index (χ3n) is 3.22. The van der Waals surface area contributed by atoms with Gasteiger partial charge in [-0.05, 0) is 37.5 Å². The number of halogens is 1. The molecule has 1 aromatic rings. The van der Waals surface area contributed by atoms with Gasteiger partial charge in [-0.25, -0.2) is 4.39 Å². The van der Waals surface area contributed by atoms with Gasteiger partial charge in [0.1, 0.15) is 5.82 Å². The Hall–Kier alpha value is -0.740. The van der Waals surface area contributed by atoms with Crippen molar-refractivity contribution in [3.05, 3.63) is 35.6 Å². The Morgan fingerprint density at radius 3 is 2.76 bits per heavy atom. The van der Waals surface area contributed by atoms with Crippen molar-refractivity contribution in [3.63, 3.8) is 0 Å². The number of rotatable bonds is 3. The number of benzene rings is 1. The van der Waals surface area contributed by atoms with Crippen LogP contribution in [-0.4, -0.2) is 21.8 Å². The molecule has 94 valence electrons. The molecule has 0 amide bonds. The summed E-state index contributed by atoms with van der Waals surface area (Å²) in [5.41, 5.74) is 0.969. The molecule has 2 nitrogen and oxygen atoms in total. The summed E-state index contributed by atoms with van der Waals surface area (Å²) in [5.74, 6) is 1.38. The van der Waals surface area contributed by atoms with Crippen molar-refractivity contribution in [2.45, 2.75) is 31.8 Å². The summed E-state index contributed by atoms with van der Waals surface area (Å²) in [5, 5.41) is 3.48. The van der Waals surface area contributed by atoms with Crippen molar-refractivity contribution < 1.29 is 8.60 Å². The van der Waals surface area contributed by atoms with Gasteiger partial charge < -0.3 is 5.32 Å². The minimum Gasteiger partial charge on any atom is -0.307 e. The largest absolute Gasteiger partial charge is 0.307 e. The second kappa shape index (κ2) is 5.74. The molecule has 1 N–H and O–H groups in total. The molecular weight excluding hydrogens is 237 g/mol. The van der Waals surface area contributed by atoms with Crippen LogP contribution in [0.1, 0.15) is 31.4 Å².